The Labute approximate surface area is 154 Å². The molecule has 0 bridgehead atoms. The first kappa shape index (κ1) is 18.9. The molecule has 0 N–H and O–H groups in total. The van der Waals surface area contributed by atoms with E-state index in [0.717, 1.165) is 13.2 Å². The fourth-order valence-corrected chi connectivity index (χ4v) is 4.44. The monoisotopic (exact) mass is 344 g/mol. The van der Waals surface area contributed by atoms with Crippen molar-refractivity contribution in [1.82, 2.24) is 0 Å². The van der Waals surface area contributed by atoms with Gasteiger partial charge in [-0.1, -0.05) is 64.2 Å². The number of benzene rings is 1. The molecule has 0 unspecified atom stereocenters. The lowest BCUT2D eigenvalue weighted by Gasteiger charge is -2.33. The molecule has 0 spiro atoms. The van der Waals surface area contributed by atoms with Crippen LogP contribution < -0.4 is 0 Å². The minimum atomic E-state index is -0.148. The molecule has 0 amide bonds. The number of aryl methyl sites for hydroxylation is 1. The molecule has 1 heterocycles. The summed E-state index contributed by atoms with van der Waals surface area (Å²) >= 11 is 0. The van der Waals surface area contributed by atoms with Crippen molar-refractivity contribution in [3.63, 3.8) is 0 Å². The van der Waals surface area contributed by atoms with Gasteiger partial charge in [0.2, 0.25) is 0 Å². The molecule has 1 saturated carbocycles. The van der Waals surface area contributed by atoms with Gasteiger partial charge in [0, 0.05) is 11.5 Å². The quantitative estimate of drug-likeness (QED) is 0.559. The van der Waals surface area contributed by atoms with Crippen LogP contribution >= 0.6 is 0 Å². The van der Waals surface area contributed by atoms with Crippen molar-refractivity contribution in [3.05, 3.63) is 34.9 Å². The van der Waals surface area contributed by atoms with Crippen molar-refractivity contribution in [3.8, 4) is 0 Å². The van der Waals surface area contributed by atoms with Crippen molar-refractivity contribution in [2.75, 3.05) is 13.2 Å². The van der Waals surface area contributed by atoms with Gasteiger partial charge in [0.15, 0.2) is 6.29 Å². The Morgan fingerprint density at radius 1 is 0.920 bits per heavy atom. The van der Waals surface area contributed by atoms with Crippen molar-refractivity contribution in [2.24, 2.45) is 5.92 Å². The van der Waals surface area contributed by atoms with E-state index in [4.69, 9.17) is 9.47 Å². The molecule has 2 heteroatoms. The van der Waals surface area contributed by atoms with Crippen LogP contribution in [0.5, 0.6) is 0 Å². The summed E-state index contributed by atoms with van der Waals surface area (Å²) in [6.07, 6.45) is 12.8. The topological polar surface area (TPSA) is 18.5 Å². The molecule has 1 aromatic carbocycles. The molecule has 1 aliphatic carbocycles. The zero-order valence-corrected chi connectivity index (χ0v) is 16.3. The Morgan fingerprint density at radius 3 is 2.36 bits per heavy atom. The van der Waals surface area contributed by atoms with E-state index in [9.17, 15) is 0 Å². The fraction of sp³-hybridized carbons (Fsp3) is 0.739. The van der Waals surface area contributed by atoms with Gasteiger partial charge in [0.25, 0.3) is 0 Å². The van der Waals surface area contributed by atoms with Crippen LogP contribution in [0, 0.1) is 5.92 Å². The Morgan fingerprint density at radius 2 is 1.68 bits per heavy atom. The van der Waals surface area contributed by atoms with E-state index < -0.39 is 0 Å². The van der Waals surface area contributed by atoms with E-state index in [-0.39, 0.29) is 6.29 Å². The highest BCUT2D eigenvalue weighted by molar-refractivity contribution is 5.36. The molecular weight excluding hydrogens is 308 g/mol. The van der Waals surface area contributed by atoms with E-state index in [0.29, 0.717) is 11.8 Å². The van der Waals surface area contributed by atoms with E-state index in [2.05, 4.69) is 32.0 Å². The second-order valence-corrected chi connectivity index (χ2v) is 8.06. The first-order chi connectivity index (χ1) is 12.3. The molecule has 140 valence electrons. The smallest absolute Gasteiger partial charge is 0.184 e. The van der Waals surface area contributed by atoms with Crippen LogP contribution in [0.25, 0.3) is 0 Å². The Balaban J connectivity index is 1.77. The third kappa shape index (κ3) is 5.08. The zero-order chi connectivity index (χ0) is 17.5. The minimum Gasteiger partial charge on any atom is -0.348 e. The summed E-state index contributed by atoms with van der Waals surface area (Å²) in [4.78, 5) is 0. The summed E-state index contributed by atoms with van der Waals surface area (Å²) in [5, 5.41) is 0. The maximum Gasteiger partial charge on any atom is 0.184 e. The van der Waals surface area contributed by atoms with Gasteiger partial charge in [-0.3, -0.25) is 0 Å². The van der Waals surface area contributed by atoms with Gasteiger partial charge in [0.1, 0.15) is 0 Å². The maximum atomic E-state index is 6.16. The standard InChI is InChI=1S/C23H36O2/c1-3-5-10-18-13-14-21(22(15-18)20-11-7-6-8-12-20)23-24-16-19(9-4-2)17-25-23/h13-15,19-20,23H,3-12,16-17H2,1-2H3. The summed E-state index contributed by atoms with van der Waals surface area (Å²) in [7, 11) is 0. The summed E-state index contributed by atoms with van der Waals surface area (Å²) < 4.78 is 12.3. The van der Waals surface area contributed by atoms with Crippen LogP contribution in [0.4, 0.5) is 0 Å². The molecule has 3 rings (SSSR count). The molecule has 0 radical (unpaired) electrons. The summed E-state index contributed by atoms with van der Waals surface area (Å²) in [5.41, 5.74) is 4.32. The first-order valence-electron chi connectivity index (χ1n) is 10.7. The van der Waals surface area contributed by atoms with Crippen LogP contribution in [0.2, 0.25) is 0 Å². The van der Waals surface area contributed by atoms with Crippen molar-refractivity contribution in [1.29, 1.82) is 0 Å². The SMILES string of the molecule is CCCCc1ccc(C2OCC(CCC)CO2)c(C2CCCCC2)c1. The second-order valence-electron chi connectivity index (χ2n) is 8.06. The van der Waals surface area contributed by atoms with E-state index in [1.807, 2.05) is 0 Å². The van der Waals surface area contributed by atoms with Crippen LogP contribution in [0.15, 0.2) is 18.2 Å². The van der Waals surface area contributed by atoms with Gasteiger partial charge < -0.3 is 9.47 Å². The Hall–Kier alpha value is -0.860. The normalized spacial score (nSPS) is 25.2. The van der Waals surface area contributed by atoms with Gasteiger partial charge in [-0.15, -0.1) is 0 Å². The highest BCUT2D eigenvalue weighted by atomic mass is 16.7. The predicted molar refractivity (Wildman–Crippen MR) is 104 cm³/mol. The van der Waals surface area contributed by atoms with Crippen LogP contribution in [0.3, 0.4) is 0 Å². The number of hydrogen-bond donors (Lipinski definition) is 0. The molecular formula is C23H36O2. The maximum absolute atomic E-state index is 6.16. The summed E-state index contributed by atoms with van der Waals surface area (Å²) in [5.74, 6) is 1.27. The van der Waals surface area contributed by atoms with Crippen LogP contribution in [0.1, 0.15) is 101 Å². The number of unbranched alkanes of at least 4 members (excludes halogenated alkanes) is 1. The van der Waals surface area contributed by atoms with Gasteiger partial charge in [0.05, 0.1) is 13.2 Å². The lowest BCUT2D eigenvalue weighted by atomic mass is 9.81. The first-order valence-corrected chi connectivity index (χ1v) is 10.7. The number of rotatable bonds is 7. The number of ether oxygens (including phenoxy) is 2. The molecule has 2 aliphatic rings. The van der Waals surface area contributed by atoms with Crippen molar-refractivity contribution < 1.29 is 9.47 Å². The summed E-state index contributed by atoms with van der Waals surface area (Å²) in [6.45, 7) is 6.20. The molecule has 25 heavy (non-hydrogen) atoms. The molecule has 0 aromatic heterocycles. The molecule has 0 atom stereocenters. The van der Waals surface area contributed by atoms with Crippen LogP contribution in [-0.4, -0.2) is 13.2 Å². The van der Waals surface area contributed by atoms with E-state index >= 15 is 0 Å². The van der Waals surface area contributed by atoms with Crippen molar-refractivity contribution in [2.45, 2.75) is 90.3 Å². The molecule has 1 aromatic rings. The lowest BCUT2D eigenvalue weighted by molar-refractivity contribution is -0.206. The molecule has 1 saturated heterocycles. The largest absolute Gasteiger partial charge is 0.348 e. The molecule has 1 aliphatic heterocycles. The number of hydrogen-bond acceptors (Lipinski definition) is 2. The van der Waals surface area contributed by atoms with Gasteiger partial charge in [-0.25, -0.2) is 0 Å². The predicted octanol–water partition coefficient (Wildman–Crippen LogP) is 6.54. The van der Waals surface area contributed by atoms with E-state index in [1.165, 1.54) is 80.9 Å². The average Bonchev–Trinajstić information content (AvgIpc) is 2.68. The third-order valence-electron chi connectivity index (χ3n) is 5.93. The second kappa shape index (κ2) is 9.73. The van der Waals surface area contributed by atoms with Crippen LogP contribution in [-0.2, 0) is 15.9 Å². The Kier molecular flexibility index (Phi) is 7.36. The highest BCUT2D eigenvalue weighted by Crippen LogP contribution is 2.39. The minimum absolute atomic E-state index is 0.148. The lowest BCUT2D eigenvalue weighted by Crippen LogP contribution is -2.28. The van der Waals surface area contributed by atoms with Crippen molar-refractivity contribution >= 4 is 0 Å². The third-order valence-corrected chi connectivity index (χ3v) is 5.93. The van der Waals surface area contributed by atoms with Gasteiger partial charge >= 0.3 is 0 Å². The average molecular weight is 345 g/mol. The molecule has 2 nitrogen and oxygen atoms in total. The van der Waals surface area contributed by atoms with Gasteiger partial charge in [-0.2, -0.15) is 0 Å². The fourth-order valence-electron chi connectivity index (χ4n) is 4.44. The highest BCUT2D eigenvalue weighted by Gasteiger charge is 2.28. The summed E-state index contributed by atoms with van der Waals surface area (Å²) in [6, 6.07) is 7.09. The Bertz CT molecular complexity index is 511. The molecule has 2 fully saturated rings. The van der Waals surface area contributed by atoms with E-state index in [1.54, 1.807) is 0 Å². The van der Waals surface area contributed by atoms with Gasteiger partial charge in [-0.05, 0) is 49.1 Å². The zero-order valence-electron chi connectivity index (χ0n) is 16.3.